The van der Waals surface area contributed by atoms with Gasteiger partial charge in [-0.25, -0.2) is 5.01 Å². The van der Waals surface area contributed by atoms with E-state index in [2.05, 4.69) is 26.4 Å². The molecule has 2 rings (SSSR count). The van der Waals surface area contributed by atoms with E-state index >= 15 is 0 Å². The topological polar surface area (TPSA) is 15.3 Å². The van der Waals surface area contributed by atoms with Crippen LogP contribution in [0.4, 0.5) is 0 Å². The van der Waals surface area contributed by atoms with Crippen LogP contribution in [0.1, 0.15) is 24.8 Å². The number of hydrogen-bond donors (Lipinski definition) is 1. The Kier molecular flexibility index (Phi) is 4.65. The summed E-state index contributed by atoms with van der Waals surface area (Å²) in [6.07, 6.45) is 3.95. The molecule has 16 heavy (non-hydrogen) atoms. The van der Waals surface area contributed by atoms with Gasteiger partial charge in [-0.2, -0.15) is 0 Å². The van der Waals surface area contributed by atoms with Gasteiger partial charge in [-0.15, -0.1) is 0 Å². The summed E-state index contributed by atoms with van der Waals surface area (Å²) in [6.45, 7) is 3.14. The van der Waals surface area contributed by atoms with Gasteiger partial charge in [-0.05, 0) is 36.6 Å². The van der Waals surface area contributed by atoms with Gasteiger partial charge in [0, 0.05) is 29.1 Å². The maximum absolute atomic E-state index is 5.98. The van der Waals surface area contributed by atoms with Crippen molar-refractivity contribution >= 4 is 27.5 Å². The maximum Gasteiger partial charge on any atom is 0.0410 e. The lowest BCUT2D eigenvalue weighted by Gasteiger charge is -2.27. The van der Waals surface area contributed by atoms with Crippen molar-refractivity contribution in [3.05, 3.63) is 33.3 Å². The molecule has 0 atom stereocenters. The molecule has 4 heteroatoms. The van der Waals surface area contributed by atoms with E-state index in [-0.39, 0.29) is 0 Å². The van der Waals surface area contributed by atoms with Gasteiger partial charge in [0.25, 0.3) is 0 Å². The molecule has 1 fully saturated rings. The number of halogens is 2. The van der Waals surface area contributed by atoms with Crippen LogP contribution in [0.15, 0.2) is 22.7 Å². The smallest absolute Gasteiger partial charge is 0.0410 e. The second-order valence-electron chi connectivity index (χ2n) is 4.12. The Morgan fingerprint density at radius 1 is 1.25 bits per heavy atom. The second-order valence-corrected chi connectivity index (χ2v) is 5.41. The zero-order valence-corrected chi connectivity index (χ0v) is 11.5. The van der Waals surface area contributed by atoms with Crippen molar-refractivity contribution in [2.75, 3.05) is 13.1 Å². The van der Waals surface area contributed by atoms with Crippen molar-refractivity contribution in [2.24, 2.45) is 0 Å². The summed E-state index contributed by atoms with van der Waals surface area (Å²) in [5.41, 5.74) is 4.66. The highest BCUT2D eigenvalue weighted by Gasteiger charge is 2.09. The molecular weight excluding hydrogens is 288 g/mol. The van der Waals surface area contributed by atoms with E-state index in [1.165, 1.54) is 24.8 Å². The molecule has 1 aliphatic rings. The first kappa shape index (κ1) is 12.4. The number of nitrogens with zero attached hydrogens (tertiary/aromatic N) is 1. The average molecular weight is 304 g/mol. The summed E-state index contributed by atoms with van der Waals surface area (Å²) in [7, 11) is 0. The van der Waals surface area contributed by atoms with Crippen LogP contribution in [0.2, 0.25) is 5.02 Å². The molecule has 0 unspecified atom stereocenters. The fourth-order valence-corrected chi connectivity index (χ4v) is 2.51. The van der Waals surface area contributed by atoms with Gasteiger partial charge in [0.05, 0.1) is 0 Å². The molecule has 0 aromatic heterocycles. The predicted octanol–water partition coefficient (Wildman–Crippen LogP) is 3.59. The number of hydrazine groups is 1. The molecule has 88 valence electrons. The molecule has 1 aromatic rings. The number of benzene rings is 1. The quantitative estimate of drug-likeness (QED) is 0.918. The fourth-order valence-electron chi connectivity index (χ4n) is 1.93. The summed E-state index contributed by atoms with van der Waals surface area (Å²) < 4.78 is 1.11. The molecule has 0 bridgehead atoms. The molecule has 1 heterocycles. The van der Waals surface area contributed by atoms with Gasteiger partial charge in [-0.3, -0.25) is 5.43 Å². The normalized spacial score (nSPS) is 17.6. The van der Waals surface area contributed by atoms with Gasteiger partial charge in [0.1, 0.15) is 0 Å². The molecule has 0 spiro atoms. The molecule has 1 saturated heterocycles. The van der Waals surface area contributed by atoms with Crippen LogP contribution in [0, 0.1) is 0 Å². The van der Waals surface area contributed by atoms with E-state index in [4.69, 9.17) is 11.6 Å². The summed E-state index contributed by atoms with van der Waals surface area (Å²) in [5, 5.41) is 3.09. The van der Waals surface area contributed by atoms with Crippen LogP contribution < -0.4 is 5.43 Å². The van der Waals surface area contributed by atoms with Crippen LogP contribution in [0.3, 0.4) is 0 Å². The number of hydrogen-bond acceptors (Lipinski definition) is 2. The molecule has 0 saturated carbocycles. The second kappa shape index (κ2) is 6.01. The van der Waals surface area contributed by atoms with Crippen LogP contribution in [0.5, 0.6) is 0 Å². The minimum Gasteiger partial charge on any atom is -0.251 e. The third-order valence-electron chi connectivity index (χ3n) is 2.86. The Balaban J connectivity index is 1.90. The number of rotatable bonds is 3. The number of nitrogens with one attached hydrogen (secondary N) is 1. The maximum atomic E-state index is 5.98. The highest BCUT2D eigenvalue weighted by molar-refractivity contribution is 9.10. The first-order chi connectivity index (χ1) is 7.75. The monoisotopic (exact) mass is 302 g/mol. The Hall–Kier alpha value is -0.0900. The zero-order chi connectivity index (χ0) is 11.4. The van der Waals surface area contributed by atoms with E-state index in [1.807, 2.05) is 18.2 Å². The summed E-state index contributed by atoms with van der Waals surface area (Å²) >= 11 is 9.51. The van der Waals surface area contributed by atoms with E-state index in [0.717, 1.165) is 29.1 Å². The lowest BCUT2D eigenvalue weighted by molar-refractivity contribution is 0.151. The van der Waals surface area contributed by atoms with Crippen molar-refractivity contribution in [1.82, 2.24) is 10.4 Å². The predicted molar refractivity (Wildman–Crippen MR) is 71.4 cm³/mol. The van der Waals surface area contributed by atoms with Crippen molar-refractivity contribution in [2.45, 2.75) is 25.8 Å². The zero-order valence-electron chi connectivity index (χ0n) is 9.18. The van der Waals surface area contributed by atoms with Gasteiger partial charge in [-0.1, -0.05) is 34.0 Å². The van der Waals surface area contributed by atoms with Crippen molar-refractivity contribution in [3.8, 4) is 0 Å². The van der Waals surface area contributed by atoms with Crippen LogP contribution in [-0.2, 0) is 6.54 Å². The average Bonchev–Trinajstić information content (AvgIpc) is 2.32. The SMILES string of the molecule is Clc1ccc(Br)c(CNN2CCCCC2)c1. The first-order valence-corrected chi connectivity index (χ1v) is 6.85. The fraction of sp³-hybridized carbons (Fsp3) is 0.500. The molecule has 1 aliphatic heterocycles. The van der Waals surface area contributed by atoms with Gasteiger partial charge in [0.15, 0.2) is 0 Å². The molecule has 1 aromatic carbocycles. The minimum atomic E-state index is 0.790. The van der Waals surface area contributed by atoms with Crippen LogP contribution in [-0.4, -0.2) is 18.1 Å². The summed E-state index contributed by atoms with van der Waals surface area (Å²) in [5.74, 6) is 0. The molecule has 0 radical (unpaired) electrons. The Morgan fingerprint density at radius 3 is 2.75 bits per heavy atom. The van der Waals surface area contributed by atoms with E-state index in [1.54, 1.807) is 0 Å². The van der Waals surface area contributed by atoms with E-state index < -0.39 is 0 Å². The molecular formula is C12H16BrClN2. The highest BCUT2D eigenvalue weighted by Crippen LogP contribution is 2.21. The van der Waals surface area contributed by atoms with E-state index in [0.29, 0.717) is 0 Å². The highest BCUT2D eigenvalue weighted by atomic mass is 79.9. The molecule has 0 aliphatic carbocycles. The summed E-state index contributed by atoms with van der Waals surface area (Å²) in [6, 6.07) is 5.90. The molecule has 0 amide bonds. The lowest BCUT2D eigenvalue weighted by atomic mass is 10.2. The molecule has 1 N–H and O–H groups in total. The van der Waals surface area contributed by atoms with Crippen molar-refractivity contribution in [1.29, 1.82) is 0 Å². The Morgan fingerprint density at radius 2 is 2.00 bits per heavy atom. The van der Waals surface area contributed by atoms with Crippen molar-refractivity contribution in [3.63, 3.8) is 0 Å². The van der Waals surface area contributed by atoms with E-state index in [9.17, 15) is 0 Å². The minimum absolute atomic E-state index is 0.790. The Bertz CT molecular complexity index is 351. The lowest BCUT2D eigenvalue weighted by Crippen LogP contribution is -2.41. The Labute approximate surface area is 110 Å². The first-order valence-electron chi connectivity index (χ1n) is 5.68. The van der Waals surface area contributed by atoms with Gasteiger partial charge in [0.2, 0.25) is 0 Å². The van der Waals surface area contributed by atoms with Crippen LogP contribution in [0.25, 0.3) is 0 Å². The standard InChI is InChI=1S/C12H16BrClN2/c13-12-5-4-11(14)8-10(12)9-15-16-6-2-1-3-7-16/h4-5,8,15H,1-3,6-7,9H2. The largest absolute Gasteiger partial charge is 0.251 e. The van der Waals surface area contributed by atoms with Gasteiger partial charge < -0.3 is 0 Å². The third-order valence-corrected chi connectivity index (χ3v) is 3.87. The van der Waals surface area contributed by atoms with Crippen molar-refractivity contribution < 1.29 is 0 Å². The number of piperidine rings is 1. The third kappa shape index (κ3) is 3.45. The van der Waals surface area contributed by atoms with Gasteiger partial charge >= 0.3 is 0 Å². The molecule has 2 nitrogen and oxygen atoms in total. The summed E-state index contributed by atoms with van der Waals surface area (Å²) in [4.78, 5) is 0. The van der Waals surface area contributed by atoms with Crippen LogP contribution >= 0.6 is 27.5 Å².